The van der Waals surface area contributed by atoms with Gasteiger partial charge in [-0.1, -0.05) is 29.8 Å². The third-order valence-electron chi connectivity index (χ3n) is 6.56. The molecule has 0 spiro atoms. The molecule has 1 aliphatic rings. The van der Waals surface area contributed by atoms with Crippen LogP contribution in [0.15, 0.2) is 78.0 Å². The van der Waals surface area contributed by atoms with Gasteiger partial charge in [0.1, 0.15) is 12.1 Å². The van der Waals surface area contributed by atoms with Crippen LogP contribution in [0.5, 0.6) is 0 Å². The first kappa shape index (κ1) is 26.3. The van der Waals surface area contributed by atoms with Gasteiger partial charge in [-0.15, -0.1) is 0 Å². The van der Waals surface area contributed by atoms with Crippen LogP contribution < -0.4 is 10.2 Å². The predicted octanol–water partition coefficient (Wildman–Crippen LogP) is 3.12. The Morgan fingerprint density at radius 2 is 1.68 bits per heavy atom. The van der Waals surface area contributed by atoms with E-state index in [9.17, 15) is 23.1 Å². The van der Waals surface area contributed by atoms with E-state index in [1.807, 2.05) is 55.3 Å². The Kier molecular flexibility index (Phi) is 7.89. The lowest BCUT2D eigenvalue weighted by Crippen LogP contribution is -2.51. The van der Waals surface area contributed by atoms with Crippen molar-refractivity contribution in [2.45, 2.75) is 43.2 Å². The quantitative estimate of drug-likeness (QED) is 0.443. The van der Waals surface area contributed by atoms with Crippen LogP contribution in [0.4, 0.5) is 11.4 Å². The number of anilines is 2. The number of carboxylic acid groups (broad SMARTS) is 1. The monoisotopic (exact) mass is 522 g/mol. The molecule has 1 fully saturated rings. The molecule has 194 valence electrons. The number of rotatable bonds is 9. The second-order valence-corrected chi connectivity index (χ2v) is 11.0. The third-order valence-corrected chi connectivity index (χ3v) is 8.48. The van der Waals surface area contributed by atoms with Gasteiger partial charge in [0.25, 0.3) is 0 Å². The number of aromatic nitrogens is 1. The minimum atomic E-state index is -3.88. The first-order chi connectivity index (χ1) is 17.7. The second kappa shape index (κ2) is 11.1. The molecule has 2 N–H and O–H groups in total. The van der Waals surface area contributed by atoms with Crippen molar-refractivity contribution < 1.29 is 23.1 Å². The predicted molar refractivity (Wildman–Crippen MR) is 140 cm³/mol. The van der Waals surface area contributed by atoms with Crippen molar-refractivity contribution >= 4 is 33.3 Å². The summed E-state index contributed by atoms with van der Waals surface area (Å²) in [7, 11) is -1.96. The van der Waals surface area contributed by atoms with Gasteiger partial charge in [-0.05, 0) is 61.7 Å². The molecular weight excluding hydrogens is 492 g/mol. The Balaban J connectivity index is 1.44. The summed E-state index contributed by atoms with van der Waals surface area (Å²) >= 11 is 0. The number of carbonyl (C=O) groups is 2. The zero-order valence-corrected chi connectivity index (χ0v) is 21.6. The van der Waals surface area contributed by atoms with Crippen LogP contribution >= 0.6 is 0 Å². The molecule has 0 bridgehead atoms. The summed E-state index contributed by atoms with van der Waals surface area (Å²) in [5.41, 5.74) is 3.53. The molecule has 4 rings (SSSR count). The van der Waals surface area contributed by atoms with Crippen molar-refractivity contribution in [3.63, 3.8) is 0 Å². The average Bonchev–Trinajstić information content (AvgIpc) is 3.40. The number of benzene rings is 2. The summed E-state index contributed by atoms with van der Waals surface area (Å²) in [5.74, 6) is -1.79. The fraction of sp³-hybridized carbons (Fsp3) is 0.296. The van der Waals surface area contributed by atoms with Gasteiger partial charge in [-0.3, -0.25) is 9.78 Å². The fourth-order valence-corrected chi connectivity index (χ4v) is 6.07. The number of aliphatic carboxylic acids is 1. The largest absolute Gasteiger partial charge is 0.480 e. The fourth-order valence-electron chi connectivity index (χ4n) is 4.41. The molecule has 0 radical (unpaired) electrons. The van der Waals surface area contributed by atoms with Crippen molar-refractivity contribution in [1.29, 1.82) is 0 Å². The summed E-state index contributed by atoms with van der Waals surface area (Å²) < 4.78 is 27.5. The molecule has 1 aromatic heterocycles. The summed E-state index contributed by atoms with van der Waals surface area (Å²) in [6.45, 7) is 2.07. The lowest BCUT2D eigenvalue weighted by Gasteiger charge is -2.25. The Labute approximate surface area is 216 Å². The first-order valence-corrected chi connectivity index (χ1v) is 13.5. The van der Waals surface area contributed by atoms with Crippen LogP contribution in [0, 0.1) is 6.92 Å². The molecular formula is C27H30N4O5S. The molecule has 0 aliphatic carbocycles. The molecule has 2 aromatic carbocycles. The van der Waals surface area contributed by atoms with E-state index in [1.165, 1.54) is 16.4 Å². The van der Waals surface area contributed by atoms with Crippen LogP contribution in [0.1, 0.15) is 24.0 Å². The van der Waals surface area contributed by atoms with Crippen LogP contribution in [-0.2, 0) is 26.0 Å². The van der Waals surface area contributed by atoms with E-state index < -0.39 is 34.0 Å². The van der Waals surface area contributed by atoms with Gasteiger partial charge in [-0.2, -0.15) is 4.31 Å². The van der Waals surface area contributed by atoms with Gasteiger partial charge in [0.05, 0.1) is 4.90 Å². The second-order valence-electron chi connectivity index (χ2n) is 9.12. The summed E-state index contributed by atoms with van der Waals surface area (Å²) in [5, 5.41) is 12.4. The maximum absolute atomic E-state index is 13.2. The van der Waals surface area contributed by atoms with Crippen molar-refractivity contribution in [2.24, 2.45) is 0 Å². The molecule has 1 aliphatic heterocycles. The van der Waals surface area contributed by atoms with E-state index in [0.29, 0.717) is 12.8 Å². The smallest absolute Gasteiger partial charge is 0.326 e. The summed E-state index contributed by atoms with van der Waals surface area (Å²) in [6.07, 6.45) is 4.33. The van der Waals surface area contributed by atoms with E-state index in [-0.39, 0.29) is 17.9 Å². The van der Waals surface area contributed by atoms with Crippen molar-refractivity contribution in [1.82, 2.24) is 14.6 Å². The molecule has 0 unspecified atom stereocenters. The van der Waals surface area contributed by atoms with E-state index in [2.05, 4.69) is 10.3 Å². The van der Waals surface area contributed by atoms with Crippen molar-refractivity contribution in [3.8, 4) is 0 Å². The highest BCUT2D eigenvalue weighted by molar-refractivity contribution is 7.89. The molecule has 2 heterocycles. The number of nitrogens with zero attached hydrogens (tertiary/aromatic N) is 3. The Bertz CT molecular complexity index is 1350. The van der Waals surface area contributed by atoms with E-state index in [4.69, 9.17) is 0 Å². The lowest BCUT2D eigenvalue weighted by molar-refractivity contribution is -0.142. The highest BCUT2D eigenvalue weighted by Gasteiger charge is 2.40. The number of hydrogen-bond donors (Lipinski definition) is 2. The normalized spacial score (nSPS) is 16.8. The number of sulfonamides is 1. The molecule has 9 nitrogen and oxygen atoms in total. The third kappa shape index (κ3) is 5.98. The zero-order chi connectivity index (χ0) is 26.6. The summed E-state index contributed by atoms with van der Waals surface area (Å²) in [6, 6.07) is 15.5. The standard InChI is InChI=1S/C27H30N4O5S/c1-19-5-11-23(12-6-19)37(35,36)31-17-3-4-25(31)26(32)29-24(27(33)34)18-20-7-9-21(10-8-20)30(2)22-13-15-28-16-14-22/h5-16,24-25H,3-4,17-18H2,1-2H3,(H,29,32)(H,33,34)/t24-,25-/m0/s1. The zero-order valence-electron chi connectivity index (χ0n) is 20.7. The van der Waals surface area contributed by atoms with E-state index >= 15 is 0 Å². The molecule has 0 saturated carbocycles. The average molecular weight is 523 g/mol. The molecule has 3 aromatic rings. The lowest BCUT2D eigenvalue weighted by atomic mass is 10.0. The van der Waals surface area contributed by atoms with Gasteiger partial charge < -0.3 is 15.3 Å². The van der Waals surface area contributed by atoms with Gasteiger partial charge in [-0.25, -0.2) is 13.2 Å². The van der Waals surface area contributed by atoms with Gasteiger partial charge in [0.2, 0.25) is 15.9 Å². The van der Waals surface area contributed by atoms with E-state index in [1.54, 1.807) is 24.5 Å². The number of aryl methyl sites for hydroxylation is 1. The van der Waals surface area contributed by atoms with Crippen LogP contribution in [0.25, 0.3) is 0 Å². The molecule has 10 heteroatoms. The molecule has 1 saturated heterocycles. The Morgan fingerprint density at radius 1 is 1.05 bits per heavy atom. The minimum absolute atomic E-state index is 0.0672. The Morgan fingerprint density at radius 3 is 2.30 bits per heavy atom. The van der Waals surface area contributed by atoms with Gasteiger partial charge >= 0.3 is 5.97 Å². The first-order valence-electron chi connectivity index (χ1n) is 12.0. The number of hydrogen-bond acceptors (Lipinski definition) is 6. The molecule has 1 amide bonds. The van der Waals surface area contributed by atoms with Crippen LogP contribution in [0.2, 0.25) is 0 Å². The number of pyridine rings is 1. The SMILES string of the molecule is Cc1ccc(S(=O)(=O)N2CCC[C@H]2C(=O)N[C@@H](Cc2ccc(N(C)c3ccncc3)cc2)C(=O)O)cc1. The number of carbonyl (C=O) groups excluding carboxylic acids is 1. The molecule has 2 atom stereocenters. The maximum Gasteiger partial charge on any atom is 0.326 e. The maximum atomic E-state index is 13.2. The highest BCUT2D eigenvalue weighted by Crippen LogP contribution is 2.27. The minimum Gasteiger partial charge on any atom is -0.480 e. The Hall–Kier alpha value is -3.76. The van der Waals surface area contributed by atoms with E-state index in [0.717, 1.165) is 22.5 Å². The number of carboxylic acids is 1. The van der Waals surface area contributed by atoms with Crippen molar-refractivity contribution in [3.05, 3.63) is 84.2 Å². The van der Waals surface area contributed by atoms with Crippen LogP contribution in [-0.4, -0.2) is 60.4 Å². The number of nitrogens with one attached hydrogen (secondary N) is 1. The topological polar surface area (TPSA) is 120 Å². The summed E-state index contributed by atoms with van der Waals surface area (Å²) in [4.78, 5) is 31.2. The highest BCUT2D eigenvalue weighted by atomic mass is 32.2. The van der Waals surface area contributed by atoms with Crippen molar-refractivity contribution in [2.75, 3.05) is 18.5 Å². The molecule has 37 heavy (non-hydrogen) atoms. The van der Waals surface area contributed by atoms with Gasteiger partial charge in [0, 0.05) is 43.8 Å². The van der Waals surface area contributed by atoms with Crippen LogP contribution in [0.3, 0.4) is 0 Å². The van der Waals surface area contributed by atoms with Gasteiger partial charge in [0.15, 0.2) is 0 Å². The number of amides is 1.